The van der Waals surface area contributed by atoms with E-state index in [1.807, 2.05) is 6.08 Å². The van der Waals surface area contributed by atoms with Gasteiger partial charge in [0.1, 0.15) is 0 Å². The molecule has 0 radical (unpaired) electrons. The van der Waals surface area contributed by atoms with Gasteiger partial charge in [-0.2, -0.15) is 0 Å². The molecule has 5 rings (SSSR count). The van der Waals surface area contributed by atoms with Gasteiger partial charge in [0.15, 0.2) is 17.3 Å². The summed E-state index contributed by atoms with van der Waals surface area (Å²) < 4.78 is 17.4. The minimum absolute atomic E-state index is 0.0473. The van der Waals surface area contributed by atoms with E-state index in [2.05, 4.69) is 106 Å². The van der Waals surface area contributed by atoms with Crippen molar-refractivity contribution in [3.8, 4) is 11.5 Å². The monoisotopic (exact) mass is 552 g/mol. The molecule has 3 aromatic rings. The predicted molar refractivity (Wildman–Crippen MR) is 166 cm³/mol. The summed E-state index contributed by atoms with van der Waals surface area (Å²) >= 11 is 0. The number of carbonyl (C=O) groups excluding carboxylic acids is 1. The molecule has 6 heteroatoms. The van der Waals surface area contributed by atoms with Crippen molar-refractivity contribution in [2.24, 2.45) is 0 Å². The molecule has 3 aromatic carbocycles. The molecule has 2 aliphatic rings. The minimum Gasteiger partial charge on any atom is -0.493 e. The van der Waals surface area contributed by atoms with Gasteiger partial charge in [-0.15, -0.1) is 0 Å². The van der Waals surface area contributed by atoms with Crippen molar-refractivity contribution < 1.29 is 19.0 Å². The van der Waals surface area contributed by atoms with Crippen LogP contribution >= 0.6 is 0 Å². The molecule has 1 atom stereocenters. The maximum Gasteiger partial charge on any atom is 0.221 e. The lowest BCUT2D eigenvalue weighted by molar-refractivity contribution is -0.114. The highest BCUT2D eigenvalue weighted by molar-refractivity contribution is 6.06. The molecule has 214 valence electrons. The number of anilines is 3. The average Bonchev–Trinajstić information content (AvgIpc) is 2.94. The third-order valence-electron chi connectivity index (χ3n) is 8.11. The summed E-state index contributed by atoms with van der Waals surface area (Å²) in [4.78, 5) is 18.2. The summed E-state index contributed by atoms with van der Waals surface area (Å²) in [5, 5.41) is 0. The molecular weight excluding hydrogens is 512 g/mol. The highest BCUT2D eigenvalue weighted by atomic mass is 16.5. The molecule has 1 spiro atoms. The summed E-state index contributed by atoms with van der Waals surface area (Å²) in [6.07, 6.45) is 3.77. The van der Waals surface area contributed by atoms with Crippen LogP contribution in [0.25, 0.3) is 0 Å². The first-order valence-corrected chi connectivity index (χ1v) is 14.1. The molecule has 0 aromatic heterocycles. The molecule has 6 nitrogen and oxygen atoms in total. The van der Waals surface area contributed by atoms with Gasteiger partial charge in [-0.25, -0.2) is 0 Å². The fourth-order valence-corrected chi connectivity index (χ4v) is 6.31. The van der Waals surface area contributed by atoms with Crippen LogP contribution in [-0.4, -0.2) is 39.2 Å². The molecule has 1 unspecified atom stereocenters. The first-order chi connectivity index (χ1) is 19.6. The Morgan fingerprint density at radius 3 is 1.95 bits per heavy atom. The van der Waals surface area contributed by atoms with Gasteiger partial charge < -0.3 is 24.0 Å². The highest BCUT2D eigenvalue weighted by Crippen LogP contribution is 2.58. The number of hydrogen-bond donors (Lipinski definition) is 0. The Bertz CT molecular complexity index is 1550. The maximum atomic E-state index is 13.6. The van der Waals surface area contributed by atoms with Crippen LogP contribution in [0.4, 0.5) is 17.1 Å². The van der Waals surface area contributed by atoms with E-state index in [1.54, 1.807) is 27.4 Å². The van der Waals surface area contributed by atoms with Crippen molar-refractivity contribution in [3.05, 3.63) is 100 Å². The molecule has 41 heavy (non-hydrogen) atoms. The van der Waals surface area contributed by atoms with Crippen LogP contribution in [0, 0.1) is 13.8 Å². The average molecular weight is 553 g/mol. The molecule has 0 saturated carbocycles. The molecule has 0 N–H and O–H groups in total. The lowest BCUT2D eigenvalue weighted by Crippen LogP contribution is -2.48. The maximum absolute atomic E-state index is 13.6. The van der Waals surface area contributed by atoms with E-state index in [-0.39, 0.29) is 17.9 Å². The van der Waals surface area contributed by atoms with Crippen LogP contribution in [0.5, 0.6) is 11.5 Å². The summed E-state index contributed by atoms with van der Waals surface area (Å²) in [6, 6.07) is 19.4. The van der Waals surface area contributed by atoms with E-state index in [4.69, 9.17) is 14.2 Å². The second kappa shape index (κ2) is 10.7. The zero-order chi connectivity index (χ0) is 29.6. The van der Waals surface area contributed by atoms with Gasteiger partial charge >= 0.3 is 0 Å². The molecular formula is C35H40N2O4. The Balaban J connectivity index is 1.97. The predicted octanol–water partition coefficient (Wildman–Crippen LogP) is 7.38. The quantitative estimate of drug-likeness (QED) is 0.305. The zero-order valence-electron chi connectivity index (χ0n) is 25.5. The molecule has 0 fully saturated rings. The van der Waals surface area contributed by atoms with Crippen molar-refractivity contribution in [3.63, 3.8) is 0 Å². The van der Waals surface area contributed by atoms with Crippen LogP contribution in [0.1, 0.15) is 49.9 Å². The number of allylic oxidation sites excluding steroid dienone is 2. The van der Waals surface area contributed by atoms with Gasteiger partial charge in [0.2, 0.25) is 5.78 Å². The fraction of sp³-hybridized carbons (Fsp3) is 0.343. The summed E-state index contributed by atoms with van der Waals surface area (Å²) in [5.41, 5.74) is 7.47. The number of ether oxygens (including phenoxy) is 3. The first-order valence-electron chi connectivity index (χ1n) is 14.1. The van der Waals surface area contributed by atoms with Crippen LogP contribution in [-0.2, 0) is 14.9 Å². The molecule has 0 bridgehead atoms. The van der Waals surface area contributed by atoms with Gasteiger partial charge in [0, 0.05) is 46.9 Å². The van der Waals surface area contributed by atoms with Crippen LogP contribution in [0.15, 0.2) is 78.2 Å². The Morgan fingerprint density at radius 1 is 0.756 bits per heavy atom. The standard InChI is InChI=1S/C35H40N2O4/c1-21(2)36(25-13-10-23(5)11-14-25)34-19-30(38)33(41-9)20-35(34)26-16-24(6)12-15-28(26)37(22(3)4)29-18-32(40-8)31(39-7)17-27(29)35/h10-22H,1-9H3. The fourth-order valence-electron chi connectivity index (χ4n) is 6.31. The van der Waals surface area contributed by atoms with E-state index in [1.165, 1.54) is 5.56 Å². The smallest absolute Gasteiger partial charge is 0.221 e. The minimum atomic E-state index is -0.865. The van der Waals surface area contributed by atoms with Crippen LogP contribution < -0.4 is 19.3 Å². The number of aryl methyl sites for hydroxylation is 2. The van der Waals surface area contributed by atoms with Gasteiger partial charge in [-0.1, -0.05) is 35.4 Å². The van der Waals surface area contributed by atoms with E-state index < -0.39 is 5.41 Å². The van der Waals surface area contributed by atoms with Gasteiger partial charge in [-0.3, -0.25) is 4.79 Å². The number of fused-ring (bicyclic) bond motifs is 4. The number of nitrogens with zero attached hydrogens (tertiary/aromatic N) is 2. The molecule has 1 aliphatic carbocycles. The van der Waals surface area contributed by atoms with Crippen molar-refractivity contribution in [1.82, 2.24) is 0 Å². The summed E-state index contributed by atoms with van der Waals surface area (Å²) in [7, 11) is 4.88. The Kier molecular flexibility index (Phi) is 7.37. The molecule has 0 saturated heterocycles. The number of benzene rings is 3. The van der Waals surface area contributed by atoms with Gasteiger partial charge in [0.25, 0.3) is 0 Å². The lowest BCUT2D eigenvalue weighted by atomic mass is 9.65. The second-order valence-electron chi connectivity index (χ2n) is 11.4. The summed E-state index contributed by atoms with van der Waals surface area (Å²) in [6.45, 7) is 12.9. The van der Waals surface area contributed by atoms with E-state index in [9.17, 15) is 4.79 Å². The van der Waals surface area contributed by atoms with Gasteiger partial charge in [0.05, 0.1) is 32.4 Å². The van der Waals surface area contributed by atoms with Gasteiger partial charge in [-0.05, 0) is 77.4 Å². The highest BCUT2D eigenvalue weighted by Gasteiger charge is 2.51. The van der Waals surface area contributed by atoms with Crippen LogP contribution in [0.3, 0.4) is 0 Å². The number of carbonyl (C=O) groups is 1. The van der Waals surface area contributed by atoms with Crippen molar-refractivity contribution in [2.75, 3.05) is 31.1 Å². The molecule has 1 heterocycles. The summed E-state index contributed by atoms with van der Waals surface area (Å²) in [5.74, 6) is 1.43. The molecule has 0 amide bonds. The number of rotatable bonds is 7. The Hall–Kier alpha value is -4.19. The largest absolute Gasteiger partial charge is 0.493 e. The Labute approximate surface area is 243 Å². The lowest BCUT2D eigenvalue weighted by Gasteiger charge is -2.51. The van der Waals surface area contributed by atoms with E-state index >= 15 is 0 Å². The topological polar surface area (TPSA) is 51.2 Å². The zero-order valence-corrected chi connectivity index (χ0v) is 25.5. The van der Waals surface area contributed by atoms with E-state index in [0.717, 1.165) is 39.4 Å². The number of ketones is 1. The van der Waals surface area contributed by atoms with E-state index in [0.29, 0.717) is 17.3 Å². The first kappa shape index (κ1) is 28.3. The third kappa shape index (κ3) is 4.46. The van der Waals surface area contributed by atoms with Crippen molar-refractivity contribution >= 4 is 22.8 Å². The molecule has 1 aliphatic heterocycles. The number of hydrogen-bond acceptors (Lipinski definition) is 6. The second-order valence-corrected chi connectivity index (χ2v) is 11.4. The Morgan fingerprint density at radius 2 is 1.37 bits per heavy atom. The van der Waals surface area contributed by atoms with Crippen LogP contribution in [0.2, 0.25) is 0 Å². The number of methoxy groups -OCH3 is 3. The van der Waals surface area contributed by atoms with Crippen molar-refractivity contribution in [1.29, 1.82) is 0 Å². The third-order valence-corrected chi connectivity index (χ3v) is 8.11. The normalized spacial score (nSPS) is 17.7. The SMILES string of the molecule is COC1=CC2(C(N(c3ccc(C)cc3)C(C)C)=CC1=O)c1cc(C)ccc1N(C(C)C)c1cc(OC)c(OC)cc12. The van der Waals surface area contributed by atoms with Crippen molar-refractivity contribution in [2.45, 2.75) is 59.0 Å².